The summed E-state index contributed by atoms with van der Waals surface area (Å²) in [6.45, 7) is 3.90. The van der Waals surface area contributed by atoms with E-state index in [4.69, 9.17) is 11.6 Å². The molecule has 0 aliphatic heterocycles. The fourth-order valence-corrected chi connectivity index (χ4v) is 4.03. The van der Waals surface area contributed by atoms with Crippen LogP contribution in [0, 0.1) is 0 Å². The molecule has 0 saturated carbocycles. The van der Waals surface area contributed by atoms with Crippen LogP contribution in [-0.4, -0.2) is 0 Å². The van der Waals surface area contributed by atoms with Crippen molar-refractivity contribution in [1.29, 1.82) is 0 Å². The van der Waals surface area contributed by atoms with Crippen molar-refractivity contribution in [2.24, 2.45) is 0 Å². The fraction of sp³-hybridized carbons (Fsp3) is 0.222. The lowest BCUT2D eigenvalue weighted by molar-refractivity contribution is 0.696. The van der Waals surface area contributed by atoms with Crippen LogP contribution in [0.25, 0.3) is 10.1 Å². The largest absolute Gasteiger partial charge is 0.308 e. The minimum atomic E-state index is 0.816. The Morgan fingerprint density at radius 3 is 2.43 bits per heavy atom. The molecule has 1 heterocycles. The predicted octanol–water partition coefficient (Wildman–Crippen LogP) is 5.41. The Morgan fingerprint density at radius 1 is 0.952 bits per heavy atom. The number of rotatable bonds is 5. The van der Waals surface area contributed by atoms with E-state index in [1.807, 2.05) is 6.07 Å². The van der Waals surface area contributed by atoms with E-state index in [1.165, 1.54) is 20.7 Å². The van der Waals surface area contributed by atoms with Gasteiger partial charge in [-0.2, -0.15) is 0 Å². The Bertz CT molecular complexity index is 748. The van der Waals surface area contributed by atoms with Crippen LogP contribution in [0.2, 0.25) is 5.02 Å². The van der Waals surface area contributed by atoms with E-state index in [9.17, 15) is 0 Å². The van der Waals surface area contributed by atoms with Crippen molar-refractivity contribution in [3.05, 3.63) is 69.6 Å². The van der Waals surface area contributed by atoms with Gasteiger partial charge in [-0.3, -0.25) is 0 Å². The quantitative estimate of drug-likeness (QED) is 0.664. The molecule has 3 aromatic rings. The van der Waals surface area contributed by atoms with Crippen molar-refractivity contribution in [3.63, 3.8) is 0 Å². The van der Waals surface area contributed by atoms with Crippen LogP contribution in [-0.2, 0) is 19.5 Å². The molecule has 0 atom stereocenters. The molecule has 1 aromatic heterocycles. The van der Waals surface area contributed by atoms with Gasteiger partial charge in [-0.05, 0) is 23.6 Å². The van der Waals surface area contributed by atoms with Crippen molar-refractivity contribution in [2.75, 3.05) is 0 Å². The molecule has 108 valence electrons. The Balaban J connectivity index is 1.71. The molecule has 1 nitrogen and oxygen atoms in total. The van der Waals surface area contributed by atoms with Gasteiger partial charge in [-0.25, -0.2) is 0 Å². The SMILES string of the molecule is CCc1ccccc1CNCc1sc2ccccc2c1Cl. The first-order chi connectivity index (χ1) is 10.3. The second-order valence-electron chi connectivity index (χ2n) is 5.06. The zero-order chi connectivity index (χ0) is 14.7. The molecule has 0 saturated heterocycles. The summed E-state index contributed by atoms with van der Waals surface area (Å²) in [6, 6.07) is 16.9. The van der Waals surface area contributed by atoms with Crippen molar-refractivity contribution in [1.82, 2.24) is 5.32 Å². The monoisotopic (exact) mass is 315 g/mol. The number of hydrogen-bond donors (Lipinski definition) is 1. The Labute approximate surface area is 134 Å². The first-order valence-electron chi connectivity index (χ1n) is 7.23. The molecule has 0 aliphatic carbocycles. The summed E-state index contributed by atoms with van der Waals surface area (Å²) < 4.78 is 1.26. The number of halogens is 1. The average Bonchev–Trinajstić information content (AvgIpc) is 2.85. The molecule has 3 rings (SSSR count). The summed E-state index contributed by atoms with van der Waals surface area (Å²) in [5, 5.41) is 5.58. The summed E-state index contributed by atoms with van der Waals surface area (Å²) in [7, 11) is 0. The van der Waals surface area contributed by atoms with E-state index in [2.05, 4.69) is 54.7 Å². The van der Waals surface area contributed by atoms with Crippen LogP contribution in [0.4, 0.5) is 0 Å². The summed E-state index contributed by atoms with van der Waals surface area (Å²) in [4.78, 5) is 1.21. The van der Waals surface area contributed by atoms with Gasteiger partial charge < -0.3 is 5.32 Å². The zero-order valence-electron chi connectivity index (χ0n) is 12.0. The first-order valence-corrected chi connectivity index (χ1v) is 8.42. The topological polar surface area (TPSA) is 12.0 Å². The van der Waals surface area contributed by atoms with Crippen LogP contribution < -0.4 is 5.32 Å². The lowest BCUT2D eigenvalue weighted by Gasteiger charge is -2.08. The van der Waals surface area contributed by atoms with Gasteiger partial charge in [0, 0.05) is 28.1 Å². The molecule has 21 heavy (non-hydrogen) atoms. The number of benzene rings is 2. The molecular formula is C18H18ClNS. The van der Waals surface area contributed by atoms with E-state index in [0.29, 0.717) is 0 Å². The molecule has 0 fully saturated rings. The Kier molecular flexibility index (Phi) is 4.59. The van der Waals surface area contributed by atoms with Gasteiger partial charge in [0.15, 0.2) is 0 Å². The van der Waals surface area contributed by atoms with E-state index >= 15 is 0 Å². The number of aryl methyl sites for hydroxylation is 1. The van der Waals surface area contributed by atoms with Crippen LogP contribution >= 0.6 is 22.9 Å². The van der Waals surface area contributed by atoms with Gasteiger partial charge in [-0.15, -0.1) is 11.3 Å². The minimum Gasteiger partial charge on any atom is -0.308 e. The van der Waals surface area contributed by atoms with E-state index in [1.54, 1.807) is 11.3 Å². The standard InChI is InChI=1S/C18H18ClNS/c1-2-13-7-3-4-8-14(13)11-20-12-17-18(19)15-9-5-6-10-16(15)21-17/h3-10,20H,2,11-12H2,1H3. The lowest BCUT2D eigenvalue weighted by Crippen LogP contribution is -2.13. The van der Waals surface area contributed by atoms with Crippen molar-refractivity contribution < 1.29 is 0 Å². The van der Waals surface area contributed by atoms with Gasteiger partial charge in [-0.1, -0.05) is 61.0 Å². The number of thiophene rings is 1. The van der Waals surface area contributed by atoms with Gasteiger partial charge in [0.05, 0.1) is 5.02 Å². The zero-order valence-corrected chi connectivity index (χ0v) is 13.6. The van der Waals surface area contributed by atoms with E-state index < -0.39 is 0 Å². The van der Waals surface area contributed by atoms with Gasteiger partial charge in [0.2, 0.25) is 0 Å². The maximum Gasteiger partial charge on any atom is 0.0636 e. The second kappa shape index (κ2) is 6.61. The number of fused-ring (bicyclic) bond motifs is 1. The maximum atomic E-state index is 6.47. The summed E-state index contributed by atoms with van der Waals surface area (Å²) in [6.07, 6.45) is 1.07. The summed E-state index contributed by atoms with van der Waals surface area (Å²) in [5.74, 6) is 0. The molecule has 1 N–H and O–H groups in total. The highest BCUT2D eigenvalue weighted by Crippen LogP contribution is 2.34. The van der Waals surface area contributed by atoms with Crippen LogP contribution in [0.1, 0.15) is 22.9 Å². The van der Waals surface area contributed by atoms with Crippen molar-refractivity contribution >= 4 is 33.0 Å². The fourth-order valence-electron chi connectivity index (χ4n) is 2.56. The summed E-state index contributed by atoms with van der Waals surface area (Å²) >= 11 is 8.24. The molecule has 0 bridgehead atoms. The van der Waals surface area contributed by atoms with Crippen molar-refractivity contribution in [2.45, 2.75) is 26.4 Å². The van der Waals surface area contributed by atoms with Gasteiger partial charge >= 0.3 is 0 Å². The molecule has 0 spiro atoms. The highest BCUT2D eigenvalue weighted by Gasteiger charge is 2.09. The van der Waals surface area contributed by atoms with E-state index in [0.717, 1.165) is 29.9 Å². The third-order valence-corrected chi connectivity index (χ3v) is 5.42. The van der Waals surface area contributed by atoms with Gasteiger partial charge in [0.25, 0.3) is 0 Å². The summed E-state index contributed by atoms with van der Waals surface area (Å²) in [5.41, 5.74) is 2.78. The van der Waals surface area contributed by atoms with Gasteiger partial charge in [0.1, 0.15) is 0 Å². The average molecular weight is 316 g/mol. The third-order valence-electron chi connectivity index (χ3n) is 3.70. The smallest absolute Gasteiger partial charge is 0.0636 e. The molecule has 0 radical (unpaired) electrons. The highest BCUT2D eigenvalue weighted by molar-refractivity contribution is 7.19. The molecule has 0 unspecified atom stereocenters. The molecule has 0 amide bonds. The second-order valence-corrected chi connectivity index (χ2v) is 6.58. The predicted molar refractivity (Wildman–Crippen MR) is 93.2 cm³/mol. The lowest BCUT2D eigenvalue weighted by atomic mass is 10.1. The molecular weight excluding hydrogens is 298 g/mol. The van der Waals surface area contributed by atoms with Crippen molar-refractivity contribution in [3.8, 4) is 0 Å². The minimum absolute atomic E-state index is 0.816. The maximum absolute atomic E-state index is 6.47. The van der Waals surface area contributed by atoms with Crippen LogP contribution in [0.3, 0.4) is 0 Å². The third kappa shape index (κ3) is 3.13. The van der Waals surface area contributed by atoms with Crippen LogP contribution in [0.5, 0.6) is 0 Å². The normalized spacial score (nSPS) is 11.1. The van der Waals surface area contributed by atoms with Crippen LogP contribution in [0.15, 0.2) is 48.5 Å². The highest BCUT2D eigenvalue weighted by atomic mass is 35.5. The molecule has 0 aliphatic rings. The first kappa shape index (κ1) is 14.6. The Hall–Kier alpha value is -1.35. The number of hydrogen-bond acceptors (Lipinski definition) is 2. The molecule has 3 heteroatoms. The Morgan fingerprint density at radius 2 is 1.67 bits per heavy atom. The number of nitrogens with one attached hydrogen (secondary N) is 1. The van der Waals surface area contributed by atoms with E-state index in [-0.39, 0.29) is 0 Å². The molecule has 2 aromatic carbocycles.